The van der Waals surface area contributed by atoms with Crippen LogP contribution in [-0.2, 0) is 11.3 Å². The molecular formula is C29H27N3O5. The summed E-state index contributed by atoms with van der Waals surface area (Å²) in [7, 11) is 0. The molecule has 0 aliphatic carbocycles. The minimum Gasteiger partial charge on any atom is -0.485 e. The number of likely N-dealkylation sites (tertiary alicyclic amines) is 1. The predicted octanol–water partition coefficient (Wildman–Crippen LogP) is 4.21. The Morgan fingerprint density at radius 1 is 1.03 bits per heavy atom. The van der Waals surface area contributed by atoms with Gasteiger partial charge in [-0.15, -0.1) is 0 Å². The molecule has 37 heavy (non-hydrogen) atoms. The normalized spacial score (nSPS) is 16.5. The molecule has 188 valence electrons. The molecule has 2 aromatic heterocycles. The maximum absolute atomic E-state index is 12.8. The summed E-state index contributed by atoms with van der Waals surface area (Å²) >= 11 is 0. The van der Waals surface area contributed by atoms with Crippen LogP contribution in [0.2, 0.25) is 0 Å². The predicted molar refractivity (Wildman–Crippen MR) is 136 cm³/mol. The van der Waals surface area contributed by atoms with Crippen LogP contribution >= 0.6 is 0 Å². The average molecular weight is 498 g/mol. The lowest BCUT2D eigenvalue weighted by molar-refractivity contribution is -0.133. The van der Waals surface area contributed by atoms with Gasteiger partial charge < -0.3 is 28.7 Å². The van der Waals surface area contributed by atoms with Crippen LogP contribution in [0, 0.1) is 12.1 Å². The van der Waals surface area contributed by atoms with Gasteiger partial charge in [-0.1, -0.05) is 18.2 Å². The minimum atomic E-state index is -0.392. The highest BCUT2D eigenvalue weighted by Gasteiger charge is 2.40. The number of benzene rings is 1. The molecule has 8 heteroatoms. The first-order valence-corrected chi connectivity index (χ1v) is 12.5. The van der Waals surface area contributed by atoms with Crippen LogP contribution in [0.1, 0.15) is 35.6 Å². The summed E-state index contributed by atoms with van der Waals surface area (Å²) in [5.41, 5.74) is 1.40. The van der Waals surface area contributed by atoms with Gasteiger partial charge in [0.15, 0.2) is 11.3 Å². The van der Waals surface area contributed by atoms with Crippen LogP contribution in [0.25, 0.3) is 11.0 Å². The van der Waals surface area contributed by atoms with Crippen molar-refractivity contribution in [3.8, 4) is 5.75 Å². The fourth-order valence-corrected chi connectivity index (χ4v) is 5.18. The van der Waals surface area contributed by atoms with Crippen LogP contribution in [-0.4, -0.2) is 48.5 Å². The first kappa shape index (κ1) is 23.0. The van der Waals surface area contributed by atoms with Crippen LogP contribution in [0.4, 0.5) is 5.69 Å². The van der Waals surface area contributed by atoms with Crippen molar-refractivity contribution in [1.82, 2.24) is 10.2 Å². The smallest absolute Gasteiger partial charge is 0.287 e. The monoisotopic (exact) mass is 497 g/mol. The lowest BCUT2D eigenvalue weighted by Crippen LogP contribution is -2.52. The third-order valence-corrected chi connectivity index (χ3v) is 7.23. The van der Waals surface area contributed by atoms with Crippen molar-refractivity contribution < 1.29 is 23.2 Å². The van der Waals surface area contributed by atoms with Gasteiger partial charge in [0.25, 0.3) is 5.91 Å². The van der Waals surface area contributed by atoms with Crippen molar-refractivity contribution in [2.75, 3.05) is 31.1 Å². The number of carbonyl (C=O) groups is 2. The molecule has 1 fully saturated rings. The molecule has 0 saturated carbocycles. The summed E-state index contributed by atoms with van der Waals surface area (Å²) < 4.78 is 17.8. The Labute approximate surface area is 214 Å². The highest BCUT2D eigenvalue weighted by atomic mass is 16.5. The molecule has 2 aliphatic heterocycles. The molecule has 1 N–H and O–H groups in total. The molecule has 4 heterocycles. The van der Waals surface area contributed by atoms with Gasteiger partial charge in [-0.25, -0.2) is 0 Å². The fourth-order valence-electron chi connectivity index (χ4n) is 5.18. The second-order valence-electron chi connectivity index (χ2n) is 9.56. The Bertz CT molecular complexity index is 1370. The Hall–Kier alpha value is -4.38. The molecule has 1 spiro atoms. The number of nitrogens with one attached hydrogen (secondary N) is 1. The number of fused-ring (bicyclic) bond motifs is 2. The number of furan rings is 2. The van der Waals surface area contributed by atoms with E-state index in [-0.39, 0.29) is 23.8 Å². The summed E-state index contributed by atoms with van der Waals surface area (Å²) in [6.07, 6.45) is 3.71. The van der Waals surface area contributed by atoms with E-state index in [0.29, 0.717) is 25.2 Å². The summed E-state index contributed by atoms with van der Waals surface area (Å²) in [4.78, 5) is 28.9. The zero-order chi connectivity index (χ0) is 25.2. The van der Waals surface area contributed by atoms with Gasteiger partial charge in [-0.3, -0.25) is 9.59 Å². The number of ether oxygens (including phenoxy) is 1. The van der Waals surface area contributed by atoms with E-state index in [4.69, 9.17) is 13.6 Å². The molecule has 2 aliphatic rings. The molecule has 0 atom stereocenters. The number of anilines is 1. The summed E-state index contributed by atoms with van der Waals surface area (Å²) in [5.74, 6) is 1.41. The second-order valence-corrected chi connectivity index (χ2v) is 9.56. The summed E-state index contributed by atoms with van der Waals surface area (Å²) in [5, 5.41) is 3.66. The number of amides is 2. The topological polar surface area (TPSA) is 88.2 Å². The van der Waals surface area contributed by atoms with Gasteiger partial charge in [0, 0.05) is 44.3 Å². The third kappa shape index (κ3) is 4.73. The van der Waals surface area contributed by atoms with Crippen LogP contribution in [0.15, 0.2) is 69.7 Å². The summed E-state index contributed by atoms with van der Waals surface area (Å²) in [6.45, 7) is 2.52. The zero-order valence-electron chi connectivity index (χ0n) is 20.4. The molecule has 8 nitrogen and oxygen atoms in total. The van der Waals surface area contributed by atoms with Gasteiger partial charge in [-0.05, 0) is 48.5 Å². The highest BCUT2D eigenvalue weighted by Crippen LogP contribution is 2.41. The van der Waals surface area contributed by atoms with Crippen molar-refractivity contribution in [3.63, 3.8) is 0 Å². The Morgan fingerprint density at radius 2 is 1.86 bits per heavy atom. The number of carbonyl (C=O) groups excluding carboxylic acids is 2. The average Bonchev–Trinajstić information content (AvgIpc) is 3.58. The van der Waals surface area contributed by atoms with Gasteiger partial charge in [0.1, 0.15) is 17.1 Å². The second kappa shape index (κ2) is 9.58. The number of piperidine rings is 1. The first-order chi connectivity index (χ1) is 18.1. The number of para-hydroxylation sites is 2. The van der Waals surface area contributed by atoms with Crippen LogP contribution < -0.4 is 15.0 Å². The molecule has 0 unspecified atom stereocenters. The Balaban J connectivity index is 1.11. The quantitative estimate of drug-likeness (QED) is 0.445. The fraction of sp³-hybridized carbons (Fsp3) is 0.310. The number of hydrogen-bond donors (Lipinski definition) is 1. The van der Waals surface area contributed by atoms with E-state index in [1.807, 2.05) is 30.3 Å². The van der Waals surface area contributed by atoms with Gasteiger partial charge in [-0.2, -0.15) is 0 Å². The Kier molecular flexibility index (Phi) is 5.97. The minimum absolute atomic E-state index is 0.0588. The van der Waals surface area contributed by atoms with E-state index < -0.39 is 5.91 Å². The third-order valence-electron chi connectivity index (χ3n) is 7.23. The maximum atomic E-state index is 12.8. The molecular weight excluding hydrogens is 470 g/mol. The van der Waals surface area contributed by atoms with E-state index in [1.165, 1.54) is 6.26 Å². The Morgan fingerprint density at radius 3 is 2.68 bits per heavy atom. The van der Waals surface area contributed by atoms with E-state index in [0.717, 1.165) is 48.4 Å². The lowest BCUT2D eigenvalue weighted by Gasteiger charge is -2.41. The molecule has 2 amide bonds. The molecule has 2 aromatic carbocycles. The van der Waals surface area contributed by atoms with Crippen molar-refractivity contribution >= 4 is 28.5 Å². The van der Waals surface area contributed by atoms with E-state index in [2.05, 4.69) is 34.5 Å². The van der Waals surface area contributed by atoms with Crippen LogP contribution in [0.3, 0.4) is 0 Å². The van der Waals surface area contributed by atoms with Crippen molar-refractivity contribution in [3.05, 3.63) is 84.5 Å². The van der Waals surface area contributed by atoms with E-state index >= 15 is 0 Å². The SMILES string of the molecule is O=C(NCC(=O)N1CCC2(CC1)CCN(Cc1cc3ccc#cc3o1)c1ccccc1O2)c1ccco1. The lowest BCUT2D eigenvalue weighted by atomic mass is 9.87. The van der Waals surface area contributed by atoms with E-state index in [1.54, 1.807) is 17.0 Å². The zero-order valence-corrected chi connectivity index (χ0v) is 20.4. The van der Waals surface area contributed by atoms with Crippen molar-refractivity contribution in [2.24, 2.45) is 0 Å². The van der Waals surface area contributed by atoms with Gasteiger partial charge in [0.05, 0.1) is 25.0 Å². The van der Waals surface area contributed by atoms with Gasteiger partial charge in [0.2, 0.25) is 5.91 Å². The first-order valence-electron chi connectivity index (χ1n) is 12.5. The standard InChI is InChI=1S/C29H27N3O5/c33-27(19-30-28(34)26-10-5-17-35-26)31-14-11-29(12-15-31)13-16-32(23-7-2-4-9-25(23)37-29)20-22-18-21-6-1-3-8-24(21)36-22/h1-2,4-7,9-10,17-18H,11-16,19-20H2,(H,30,34). The maximum Gasteiger partial charge on any atom is 0.287 e. The molecule has 0 radical (unpaired) electrons. The molecule has 1 saturated heterocycles. The van der Waals surface area contributed by atoms with Crippen molar-refractivity contribution in [2.45, 2.75) is 31.4 Å². The molecule has 4 aromatic rings. The number of rotatable bonds is 5. The largest absolute Gasteiger partial charge is 0.485 e. The van der Waals surface area contributed by atoms with Gasteiger partial charge >= 0.3 is 0 Å². The highest BCUT2D eigenvalue weighted by molar-refractivity contribution is 5.94. The van der Waals surface area contributed by atoms with Crippen molar-refractivity contribution in [1.29, 1.82) is 0 Å². The number of nitrogens with zero attached hydrogens (tertiary/aromatic N) is 2. The van der Waals surface area contributed by atoms with E-state index in [9.17, 15) is 9.59 Å². The molecule has 0 bridgehead atoms. The molecule has 6 rings (SSSR count). The number of hydrogen-bond acceptors (Lipinski definition) is 6. The summed E-state index contributed by atoms with van der Waals surface area (Å²) in [6, 6.07) is 23.2. The van der Waals surface area contributed by atoms with Crippen LogP contribution in [0.5, 0.6) is 5.75 Å².